The lowest BCUT2D eigenvalue weighted by molar-refractivity contribution is -0.0330. The lowest BCUT2D eigenvalue weighted by atomic mass is 10.3. The van der Waals surface area contributed by atoms with Gasteiger partial charge in [0.25, 0.3) is 0 Å². The Balaban J connectivity index is 2.43. The molecule has 7 heteroatoms. The number of halogens is 3. The van der Waals surface area contributed by atoms with Crippen LogP contribution < -0.4 is 10.4 Å². The van der Waals surface area contributed by atoms with Gasteiger partial charge in [0.2, 0.25) is 0 Å². The van der Waals surface area contributed by atoms with Crippen LogP contribution in [0.25, 0.3) is 0 Å². The molecular weight excluding hydrogens is 293 g/mol. The van der Waals surface area contributed by atoms with Crippen molar-refractivity contribution in [3.8, 4) is 11.5 Å². The first-order valence-corrected chi connectivity index (χ1v) is 6.30. The first-order chi connectivity index (χ1) is 9.35. The summed E-state index contributed by atoms with van der Waals surface area (Å²) in [7, 11) is 0. The Morgan fingerprint density at radius 3 is 2.45 bits per heavy atom. The number of hydrogen-bond donors (Lipinski definition) is 0. The Morgan fingerprint density at radius 2 is 1.85 bits per heavy atom. The summed E-state index contributed by atoms with van der Waals surface area (Å²) in [5, 5.41) is 0. The molecule has 0 radical (unpaired) electrons. The van der Waals surface area contributed by atoms with Gasteiger partial charge in [-0.15, -0.1) is 0 Å². The summed E-state index contributed by atoms with van der Waals surface area (Å²) in [5.41, 5.74) is -5.67. The minimum Gasteiger partial charge on any atom is -0.456 e. The quantitative estimate of drug-likeness (QED) is 0.790. The number of aryl methyl sites for hydroxylation is 1. The minimum atomic E-state index is -4.60. The summed E-state index contributed by atoms with van der Waals surface area (Å²) in [6, 6.07) is 9.48. The van der Waals surface area contributed by atoms with Crippen molar-refractivity contribution in [3.63, 3.8) is 0 Å². The topological polar surface area (TPSA) is 39.4 Å². The van der Waals surface area contributed by atoms with E-state index in [0.29, 0.717) is 5.75 Å². The van der Waals surface area contributed by atoms with Crippen LogP contribution in [0.4, 0.5) is 13.2 Å². The lowest BCUT2D eigenvalue weighted by Gasteiger charge is -2.11. The van der Waals surface area contributed by atoms with Crippen LogP contribution in [0.5, 0.6) is 11.5 Å². The number of ether oxygens (including phenoxy) is 1. The Kier molecular flexibility index (Phi) is 4.08. The van der Waals surface area contributed by atoms with Gasteiger partial charge in [-0.1, -0.05) is 18.2 Å². The van der Waals surface area contributed by atoms with Crippen molar-refractivity contribution in [3.05, 3.63) is 52.6 Å². The summed E-state index contributed by atoms with van der Waals surface area (Å²) in [5.74, 6) is 0.334. The highest BCUT2D eigenvalue weighted by molar-refractivity contribution is 8.00. The van der Waals surface area contributed by atoms with E-state index >= 15 is 0 Å². The van der Waals surface area contributed by atoms with Crippen LogP contribution in [-0.2, 0) is 0 Å². The molecule has 1 heterocycles. The molecule has 1 aromatic heterocycles. The number of para-hydroxylation sites is 1. The number of benzene rings is 1. The van der Waals surface area contributed by atoms with E-state index < -0.39 is 27.8 Å². The van der Waals surface area contributed by atoms with Gasteiger partial charge in [-0.3, -0.25) is 0 Å². The van der Waals surface area contributed by atoms with E-state index in [1.165, 1.54) is 13.0 Å². The van der Waals surface area contributed by atoms with Gasteiger partial charge in [0, 0.05) is 6.07 Å². The van der Waals surface area contributed by atoms with Gasteiger partial charge in [-0.2, -0.15) is 13.2 Å². The van der Waals surface area contributed by atoms with Gasteiger partial charge >= 0.3 is 11.1 Å². The Labute approximate surface area is 116 Å². The fourth-order valence-corrected chi connectivity index (χ4v) is 2.03. The number of thioether (sulfide) groups is 1. The SMILES string of the molecule is Cc1cc(Oc2ccccc2)c(SC(F)(F)F)c(=O)o1. The van der Waals surface area contributed by atoms with Crippen LogP contribution in [-0.4, -0.2) is 5.51 Å². The van der Waals surface area contributed by atoms with Crippen molar-refractivity contribution in [2.24, 2.45) is 0 Å². The van der Waals surface area contributed by atoms with Gasteiger partial charge in [0.1, 0.15) is 16.4 Å². The second kappa shape index (κ2) is 5.62. The molecule has 0 spiro atoms. The second-order valence-electron chi connectivity index (χ2n) is 3.80. The largest absolute Gasteiger partial charge is 0.456 e. The summed E-state index contributed by atoms with van der Waals surface area (Å²) in [4.78, 5) is 10.9. The molecule has 0 atom stereocenters. The summed E-state index contributed by atoms with van der Waals surface area (Å²) >= 11 is -0.549. The third-order valence-corrected chi connectivity index (χ3v) is 2.99. The van der Waals surface area contributed by atoms with Crippen molar-refractivity contribution in [2.75, 3.05) is 0 Å². The maximum Gasteiger partial charge on any atom is 0.446 e. The molecule has 0 amide bonds. The van der Waals surface area contributed by atoms with Crippen LogP contribution >= 0.6 is 11.8 Å². The molecule has 3 nitrogen and oxygen atoms in total. The molecule has 0 unspecified atom stereocenters. The van der Waals surface area contributed by atoms with Gasteiger partial charge in [0.05, 0.1) is 0 Å². The Hall–Kier alpha value is -1.89. The molecule has 0 N–H and O–H groups in total. The molecule has 2 aromatic rings. The zero-order chi connectivity index (χ0) is 14.8. The maximum absolute atomic E-state index is 12.5. The van der Waals surface area contributed by atoms with E-state index in [2.05, 4.69) is 4.42 Å². The molecule has 1 aromatic carbocycles. The van der Waals surface area contributed by atoms with E-state index in [1.807, 2.05) is 0 Å². The predicted octanol–water partition coefficient (Wildman–Crippen LogP) is 4.35. The standard InChI is InChI=1S/C13H9F3O3S/c1-8-7-10(19-9-5-3-2-4-6-9)11(12(17)18-8)20-13(14,15)16/h2-7H,1H3. The molecule has 0 saturated heterocycles. The van der Waals surface area contributed by atoms with E-state index in [-0.39, 0.29) is 11.5 Å². The van der Waals surface area contributed by atoms with E-state index in [0.717, 1.165) is 0 Å². The van der Waals surface area contributed by atoms with Crippen molar-refractivity contribution in [1.82, 2.24) is 0 Å². The average molecular weight is 302 g/mol. The van der Waals surface area contributed by atoms with Crippen LogP contribution in [0, 0.1) is 6.92 Å². The molecule has 0 aliphatic rings. The van der Waals surface area contributed by atoms with Crippen LogP contribution in [0.1, 0.15) is 5.76 Å². The molecule has 20 heavy (non-hydrogen) atoms. The highest BCUT2D eigenvalue weighted by Gasteiger charge is 2.33. The lowest BCUT2D eigenvalue weighted by Crippen LogP contribution is -2.10. The minimum absolute atomic E-state index is 0.174. The maximum atomic E-state index is 12.5. The van der Waals surface area contributed by atoms with Gasteiger partial charge in [0.15, 0.2) is 5.75 Å². The molecule has 0 aliphatic heterocycles. The number of hydrogen-bond acceptors (Lipinski definition) is 4. The molecule has 0 saturated carbocycles. The zero-order valence-electron chi connectivity index (χ0n) is 10.2. The van der Waals surface area contributed by atoms with Crippen molar-refractivity contribution < 1.29 is 22.3 Å². The van der Waals surface area contributed by atoms with E-state index in [4.69, 9.17) is 4.74 Å². The Bertz CT molecular complexity index is 650. The van der Waals surface area contributed by atoms with Crippen molar-refractivity contribution in [1.29, 1.82) is 0 Å². The summed E-state index contributed by atoms with van der Waals surface area (Å²) in [6.45, 7) is 1.46. The Morgan fingerprint density at radius 1 is 1.20 bits per heavy atom. The van der Waals surface area contributed by atoms with Crippen LogP contribution in [0.3, 0.4) is 0 Å². The highest BCUT2D eigenvalue weighted by Crippen LogP contribution is 2.40. The van der Waals surface area contributed by atoms with Gasteiger partial charge in [-0.25, -0.2) is 4.79 Å². The number of rotatable bonds is 3. The van der Waals surface area contributed by atoms with Gasteiger partial charge < -0.3 is 9.15 Å². The van der Waals surface area contributed by atoms with E-state index in [1.54, 1.807) is 30.3 Å². The average Bonchev–Trinajstić information content (AvgIpc) is 2.34. The molecule has 2 rings (SSSR count). The highest BCUT2D eigenvalue weighted by atomic mass is 32.2. The third-order valence-electron chi connectivity index (χ3n) is 2.19. The molecule has 0 bridgehead atoms. The monoisotopic (exact) mass is 302 g/mol. The molecule has 0 fully saturated rings. The smallest absolute Gasteiger partial charge is 0.446 e. The normalized spacial score (nSPS) is 11.4. The first kappa shape index (κ1) is 14.5. The van der Waals surface area contributed by atoms with Gasteiger partial charge in [-0.05, 0) is 30.8 Å². The van der Waals surface area contributed by atoms with E-state index in [9.17, 15) is 18.0 Å². The molecule has 0 aliphatic carbocycles. The third kappa shape index (κ3) is 3.80. The van der Waals surface area contributed by atoms with Crippen molar-refractivity contribution >= 4 is 11.8 Å². The second-order valence-corrected chi connectivity index (χ2v) is 4.88. The fraction of sp³-hybridized carbons (Fsp3) is 0.154. The predicted molar refractivity (Wildman–Crippen MR) is 68.1 cm³/mol. The van der Waals surface area contributed by atoms with Crippen LogP contribution in [0.15, 0.2) is 50.5 Å². The fourth-order valence-electron chi connectivity index (χ4n) is 1.47. The summed E-state index contributed by atoms with van der Waals surface area (Å²) < 4.78 is 47.4. The first-order valence-electron chi connectivity index (χ1n) is 5.48. The van der Waals surface area contributed by atoms with Crippen molar-refractivity contribution in [2.45, 2.75) is 17.3 Å². The molecule has 106 valence electrons. The zero-order valence-corrected chi connectivity index (χ0v) is 11.0. The van der Waals surface area contributed by atoms with Crippen LogP contribution in [0.2, 0.25) is 0 Å². The molecular formula is C13H9F3O3S. The number of alkyl halides is 3. The summed E-state index contributed by atoms with van der Waals surface area (Å²) in [6.07, 6.45) is 0.